The summed E-state index contributed by atoms with van der Waals surface area (Å²) in [6.07, 6.45) is 4.82. The van der Waals surface area contributed by atoms with Crippen LogP contribution in [0.15, 0.2) is 17.4 Å². The number of nitrogens with zero attached hydrogens (tertiary/aromatic N) is 4. The molecule has 0 spiro atoms. The molecule has 0 aromatic carbocycles. The number of hydrogen-bond acceptors (Lipinski definition) is 6. The maximum atomic E-state index is 11.2. The summed E-state index contributed by atoms with van der Waals surface area (Å²) >= 11 is 0. The van der Waals surface area contributed by atoms with Gasteiger partial charge in [-0.3, -0.25) is 9.58 Å². The van der Waals surface area contributed by atoms with Crippen molar-refractivity contribution in [1.29, 1.82) is 0 Å². The lowest BCUT2D eigenvalue weighted by Gasteiger charge is -2.23. The molecule has 2 rings (SSSR count). The summed E-state index contributed by atoms with van der Waals surface area (Å²) < 4.78 is 30.0. The van der Waals surface area contributed by atoms with E-state index in [0.717, 1.165) is 12.1 Å². The van der Waals surface area contributed by atoms with Gasteiger partial charge in [0.25, 0.3) is 0 Å². The second-order valence-corrected chi connectivity index (χ2v) is 7.57. The van der Waals surface area contributed by atoms with Crippen LogP contribution < -0.4 is 0 Å². The van der Waals surface area contributed by atoms with Gasteiger partial charge in [0.15, 0.2) is 0 Å². The van der Waals surface area contributed by atoms with Crippen LogP contribution in [0.5, 0.6) is 0 Å². The minimum atomic E-state index is -2.94. The fraction of sp³-hybridized carbons (Fsp3) is 0.692. The van der Waals surface area contributed by atoms with Crippen LogP contribution in [0.1, 0.15) is 12.5 Å². The topological polar surface area (TPSA) is 76.8 Å². The Bertz CT molecular complexity index is 609. The highest BCUT2D eigenvalue weighted by Gasteiger charge is 2.24. The number of aryl methyl sites for hydroxylation is 1. The molecule has 0 amide bonds. The summed E-state index contributed by atoms with van der Waals surface area (Å²) in [4.78, 5) is 6.47. The normalized spacial score (nSPS) is 18.9. The van der Waals surface area contributed by atoms with E-state index in [1.807, 2.05) is 20.2 Å². The molecule has 0 saturated heterocycles. The summed E-state index contributed by atoms with van der Waals surface area (Å²) in [5.41, 5.74) is 0.874. The SMILES string of the molecule is CCN(CCS(C)(=O)=O)CC1CN=C(c2cnn(C)c2)O1. The van der Waals surface area contributed by atoms with E-state index < -0.39 is 9.84 Å². The molecule has 8 heteroatoms. The first-order valence-corrected chi connectivity index (χ1v) is 9.03. The molecule has 1 atom stereocenters. The van der Waals surface area contributed by atoms with Crippen LogP contribution in [0.2, 0.25) is 0 Å². The van der Waals surface area contributed by atoms with Crippen LogP contribution in [0.3, 0.4) is 0 Å². The molecule has 7 nitrogen and oxygen atoms in total. The first kappa shape index (κ1) is 16.0. The van der Waals surface area contributed by atoms with Crippen molar-refractivity contribution in [3.63, 3.8) is 0 Å². The molecule has 0 aliphatic carbocycles. The first-order valence-electron chi connectivity index (χ1n) is 6.97. The lowest BCUT2D eigenvalue weighted by Crippen LogP contribution is -2.37. The summed E-state index contributed by atoms with van der Waals surface area (Å²) in [6.45, 7) is 4.61. The lowest BCUT2D eigenvalue weighted by molar-refractivity contribution is 0.154. The van der Waals surface area contributed by atoms with Gasteiger partial charge in [0.05, 0.1) is 24.1 Å². The van der Waals surface area contributed by atoms with Gasteiger partial charge >= 0.3 is 0 Å². The second-order valence-electron chi connectivity index (χ2n) is 5.31. The Morgan fingerprint density at radius 3 is 2.86 bits per heavy atom. The molecule has 1 aliphatic rings. The highest BCUT2D eigenvalue weighted by molar-refractivity contribution is 7.90. The van der Waals surface area contributed by atoms with E-state index in [1.54, 1.807) is 10.9 Å². The Kier molecular flexibility index (Phi) is 5.00. The zero-order valence-corrected chi connectivity index (χ0v) is 13.5. The van der Waals surface area contributed by atoms with Gasteiger partial charge in [0.2, 0.25) is 5.90 Å². The van der Waals surface area contributed by atoms with Crippen LogP contribution in [-0.2, 0) is 21.6 Å². The fourth-order valence-corrected chi connectivity index (χ4v) is 2.75. The van der Waals surface area contributed by atoms with Gasteiger partial charge in [-0.05, 0) is 6.54 Å². The van der Waals surface area contributed by atoms with E-state index in [1.165, 1.54) is 6.26 Å². The molecule has 21 heavy (non-hydrogen) atoms. The molecule has 0 saturated carbocycles. The number of hydrogen-bond donors (Lipinski definition) is 0. The van der Waals surface area contributed by atoms with Crippen LogP contribution >= 0.6 is 0 Å². The summed E-state index contributed by atoms with van der Waals surface area (Å²) in [5.74, 6) is 0.788. The van der Waals surface area contributed by atoms with Crippen molar-refractivity contribution in [2.24, 2.45) is 12.0 Å². The molecule has 1 aromatic heterocycles. The average molecular weight is 314 g/mol. The maximum absolute atomic E-state index is 11.2. The zero-order valence-electron chi connectivity index (χ0n) is 12.7. The third kappa shape index (κ3) is 4.82. The summed E-state index contributed by atoms with van der Waals surface area (Å²) in [5, 5.41) is 4.10. The first-order chi connectivity index (χ1) is 9.87. The zero-order chi connectivity index (χ0) is 15.5. The van der Waals surface area contributed by atoms with Crippen molar-refractivity contribution in [2.45, 2.75) is 13.0 Å². The Morgan fingerprint density at radius 1 is 1.52 bits per heavy atom. The second kappa shape index (κ2) is 6.57. The molecular weight excluding hydrogens is 292 g/mol. The van der Waals surface area contributed by atoms with Crippen molar-refractivity contribution < 1.29 is 13.2 Å². The van der Waals surface area contributed by atoms with Gasteiger partial charge < -0.3 is 4.74 Å². The van der Waals surface area contributed by atoms with Crippen molar-refractivity contribution >= 4 is 15.7 Å². The largest absolute Gasteiger partial charge is 0.471 e. The molecular formula is C13H22N4O3S. The molecule has 2 heterocycles. The average Bonchev–Trinajstić information content (AvgIpc) is 3.02. The number of ether oxygens (including phenoxy) is 1. The molecule has 1 unspecified atom stereocenters. The Balaban J connectivity index is 1.85. The predicted octanol–water partition coefficient (Wildman–Crippen LogP) is -0.0680. The number of likely N-dealkylation sites (N-methyl/N-ethyl adjacent to an activating group) is 1. The molecule has 0 fully saturated rings. The monoisotopic (exact) mass is 314 g/mol. The van der Waals surface area contributed by atoms with Gasteiger partial charge in [-0.15, -0.1) is 0 Å². The minimum Gasteiger partial charge on any atom is -0.471 e. The lowest BCUT2D eigenvalue weighted by atomic mass is 10.3. The Labute approximate surface area is 125 Å². The van der Waals surface area contributed by atoms with Gasteiger partial charge in [0.1, 0.15) is 15.9 Å². The third-order valence-corrected chi connectivity index (χ3v) is 4.28. The third-order valence-electron chi connectivity index (χ3n) is 3.36. The Hall–Kier alpha value is -1.41. The highest BCUT2D eigenvalue weighted by Crippen LogP contribution is 2.12. The molecule has 1 aliphatic heterocycles. The molecule has 0 N–H and O–H groups in total. The summed E-state index contributed by atoms with van der Waals surface area (Å²) in [6, 6.07) is 0. The number of aliphatic imine (C=N–C) groups is 1. The Morgan fingerprint density at radius 2 is 2.29 bits per heavy atom. The predicted molar refractivity (Wildman–Crippen MR) is 81.3 cm³/mol. The van der Waals surface area contributed by atoms with Gasteiger partial charge in [-0.25, -0.2) is 13.4 Å². The van der Waals surface area contributed by atoms with Crippen LogP contribution in [0, 0.1) is 0 Å². The smallest absolute Gasteiger partial charge is 0.219 e. The number of rotatable bonds is 7. The molecule has 0 bridgehead atoms. The summed E-state index contributed by atoms with van der Waals surface area (Å²) in [7, 11) is -1.09. The minimum absolute atomic E-state index is 0.0280. The number of sulfone groups is 1. The number of aromatic nitrogens is 2. The van der Waals surface area contributed by atoms with E-state index in [0.29, 0.717) is 25.5 Å². The van der Waals surface area contributed by atoms with Crippen LogP contribution in [-0.4, -0.2) is 73.3 Å². The van der Waals surface area contributed by atoms with Gasteiger partial charge in [0, 0.05) is 32.6 Å². The highest BCUT2D eigenvalue weighted by atomic mass is 32.2. The molecule has 0 radical (unpaired) electrons. The van der Waals surface area contributed by atoms with E-state index in [-0.39, 0.29) is 11.9 Å². The molecule has 118 valence electrons. The van der Waals surface area contributed by atoms with E-state index >= 15 is 0 Å². The van der Waals surface area contributed by atoms with E-state index in [9.17, 15) is 8.42 Å². The van der Waals surface area contributed by atoms with Crippen LogP contribution in [0.4, 0.5) is 0 Å². The van der Waals surface area contributed by atoms with Gasteiger partial charge in [-0.1, -0.05) is 6.92 Å². The van der Waals surface area contributed by atoms with E-state index in [2.05, 4.69) is 15.0 Å². The maximum Gasteiger partial charge on any atom is 0.219 e. The van der Waals surface area contributed by atoms with Crippen molar-refractivity contribution in [2.75, 3.05) is 38.2 Å². The van der Waals surface area contributed by atoms with Gasteiger partial charge in [-0.2, -0.15) is 5.10 Å². The van der Waals surface area contributed by atoms with E-state index in [4.69, 9.17) is 4.74 Å². The van der Waals surface area contributed by atoms with Crippen molar-refractivity contribution in [1.82, 2.24) is 14.7 Å². The molecule has 1 aromatic rings. The van der Waals surface area contributed by atoms with Crippen LogP contribution in [0.25, 0.3) is 0 Å². The fourth-order valence-electron chi connectivity index (χ4n) is 2.16. The van der Waals surface area contributed by atoms with Crippen molar-refractivity contribution in [3.8, 4) is 0 Å². The quantitative estimate of drug-likeness (QED) is 0.704. The standard InChI is InChI=1S/C13H22N4O3S/c1-4-17(5-6-21(3,18)19)10-12-8-14-13(20-12)11-7-15-16(2)9-11/h7,9,12H,4-6,8,10H2,1-3H3. The van der Waals surface area contributed by atoms with Crippen molar-refractivity contribution in [3.05, 3.63) is 18.0 Å².